The lowest BCUT2D eigenvalue weighted by molar-refractivity contribution is 0.459. The van der Waals surface area contributed by atoms with E-state index in [-0.39, 0.29) is 17.5 Å². The number of fused-ring (bicyclic) bond motifs is 1. The molecule has 1 aliphatic rings. The van der Waals surface area contributed by atoms with Crippen LogP contribution in [-0.2, 0) is 16.3 Å². The molecule has 1 heterocycles. The minimum atomic E-state index is -2.88. The summed E-state index contributed by atoms with van der Waals surface area (Å²) in [7, 11) is -2.88. The van der Waals surface area contributed by atoms with Crippen molar-refractivity contribution in [2.45, 2.75) is 32.2 Å². The van der Waals surface area contributed by atoms with E-state index in [9.17, 15) is 8.42 Å². The Morgan fingerprint density at radius 2 is 2.33 bits per heavy atom. The molecule has 1 aliphatic carbocycles. The van der Waals surface area contributed by atoms with Crippen molar-refractivity contribution in [2.75, 3.05) is 18.1 Å². The van der Waals surface area contributed by atoms with Gasteiger partial charge in [0.25, 0.3) is 0 Å². The Labute approximate surface area is 109 Å². The fourth-order valence-electron chi connectivity index (χ4n) is 2.34. The van der Waals surface area contributed by atoms with Crippen LogP contribution in [0.1, 0.15) is 37.1 Å². The largest absolute Gasteiger partial charge is 0.308 e. The van der Waals surface area contributed by atoms with Gasteiger partial charge in [0, 0.05) is 24.5 Å². The molecule has 5 heteroatoms. The molecule has 18 heavy (non-hydrogen) atoms. The van der Waals surface area contributed by atoms with E-state index in [1.165, 1.54) is 5.56 Å². The number of rotatable bonds is 5. The number of hydrogen-bond acceptors (Lipinski definition) is 4. The first-order valence-electron chi connectivity index (χ1n) is 6.50. The number of pyridine rings is 1. The molecule has 0 spiro atoms. The van der Waals surface area contributed by atoms with Crippen molar-refractivity contribution in [3.63, 3.8) is 0 Å². The number of aromatic nitrogens is 1. The highest BCUT2D eigenvalue weighted by Crippen LogP contribution is 2.27. The molecule has 2 rings (SSSR count). The van der Waals surface area contributed by atoms with Crippen molar-refractivity contribution in [3.05, 3.63) is 29.6 Å². The molecule has 1 aromatic heterocycles. The van der Waals surface area contributed by atoms with Crippen molar-refractivity contribution in [1.82, 2.24) is 10.3 Å². The predicted molar refractivity (Wildman–Crippen MR) is 72.2 cm³/mol. The van der Waals surface area contributed by atoms with E-state index in [2.05, 4.69) is 16.4 Å². The van der Waals surface area contributed by atoms with Gasteiger partial charge in [-0.15, -0.1) is 0 Å². The van der Waals surface area contributed by atoms with Gasteiger partial charge in [-0.2, -0.15) is 0 Å². The predicted octanol–water partition coefficient (Wildman–Crippen LogP) is 1.48. The zero-order chi connectivity index (χ0) is 13.0. The average molecular weight is 268 g/mol. The third-order valence-corrected chi connectivity index (χ3v) is 5.14. The van der Waals surface area contributed by atoms with Gasteiger partial charge in [0.15, 0.2) is 9.84 Å². The first-order valence-corrected chi connectivity index (χ1v) is 8.32. The standard InChI is InChI=1S/C13H20N2O2S/c1-2-18(16,17)10-9-14-12-7-3-5-11-6-4-8-15-13(11)12/h4,6,8,12,14H,2-3,5,7,9-10H2,1H3. The van der Waals surface area contributed by atoms with Gasteiger partial charge in [0.2, 0.25) is 0 Å². The number of hydrogen-bond donors (Lipinski definition) is 1. The summed E-state index contributed by atoms with van der Waals surface area (Å²) < 4.78 is 22.9. The van der Waals surface area contributed by atoms with E-state index in [0.29, 0.717) is 6.54 Å². The highest BCUT2D eigenvalue weighted by atomic mass is 32.2. The number of nitrogens with zero attached hydrogens (tertiary/aromatic N) is 1. The van der Waals surface area contributed by atoms with E-state index >= 15 is 0 Å². The monoisotopic (exact) mass is 268 g/mol. The molecular weight excluding hydrogens is 248 g/mol. The zero-order valence-electron chi connectivity index (χ0n) is 10.7. The van der Waals surface area contributed by atoms with Crippen molar-refractivity contribution in [1.29, 1.82) is 0 Å². The third kappa shape index (κ3) is 3.29. The molecule has 1 unspecified atom stereocenters. The molecule has 0 saturated carbocycles. The second-order valence-electron chi connectivity index (χ2n) is 4.68. The molecule has 1 N–H and O–H groups in total. The van der Waals surface area contributed by atoms with E-state index in [4.69, 9.17) is 0 Å². The van der Waals surface area contributed by atoms with Gasteiger partial charge in [-0.3, -0.25) is 4.98 Å². The van der Waals surface area contributed by atoms with Crippen molar-refractivity contribution in [2.24, 2.45) is 0 Å². The summed E-state index contributed by atoms with van der Waals surface area (Å²) in [5, 5.41) is 3.33. The number of nitrogens with one attached hydrogen (secondary N) is 1. The average Bonchev–Trinajstić information content (AvgIpc) is 2.39. The van der Waals surface area contributed by atoms with Crippen LogP contribution in [0.4, 0.5) is 0 Å². The Kier molecular flexibility index (Phi) is 4.35. The van der Waals surface area contributed by atoms with Crippen molar-refractivity contribution in [3.8, 4) is 0 Å². The minimum absolute atomic E-state index is 0.210. The van der Waals surface area contributed by atoms with Crippen LogP contribution in [0.25, 0.3) is 0 Å². The first-order chi connectivity index (χ1) is 8.62. The normalized spacial score (nSPS) is 19.5. The Morgan fingerprint density at radius 3 is 3.11 bits per heavy atom. The van der Waals surface area contributed by atoms with Gasteiger partial charge in [-0.25, -0.2) is 8.42 Å². The molecule has 1 atom stereocenters. The smallest absolute Gasteiger partial charge is 0.151 e. The number of aryl methyl sites for hydroxylation is 1. The summed E-state index contributed by atoms with van der Waals surface area (Å²) >= 11 is 0. The zero-order valence-corrected chi connectivity index (χ0v) is 11.5. The molecule has 0 amide bonds. The van der Waals surface area contributed by atoms with Gasteiger partial charge in [-0.05, 0) is 30.9 Å². The molecular formula is C13H20N2O2S. The van der Waals surface area contributed by atoms with Crippen LogP contribution in [0.2, 0.25) is 0 Å². The van der Waals surface area contributed by atoms with Gasteiger partial charge >= 0.3 is 0 Å². The summed E-state index contributed by atoms with van der Waals surface area (Å²) in [5.74, 6) is 0.427. The molecule has 0 bridgehead atoms. The molecule has 100 valence electrons. The summed E-state index contributed by atoms with van der Waals surface area (Å²) in [6, 6.07) is 4.28. The lowest BCUT2D eigenvalue weighted by Gasteiger charge is -2.25. The summed E-state index contributed by atoms with van der Waals surface area (Å²) in [6.07, 6.45) is 5.06. The van der Waals surface area contributed by atoms with Crippen molar-refractivity contribution >= 4 is 9.84 Å². The fourth-order valence-corrected chi connectivity index (χ4v) is 3.06. The summed E-state index contributed by atoms with van der Waals surface area (Å²) in [4.78, 5) is 4.42. The van der Waals surface area contributed by atoms with Crippen LogP contribution in [-0.4, -0.2) is 31.5 Å². The maximum atomic E-state index is 11.4. The fraction of sp³-hybridized carbons (Fsp3) is 0.615. The summed E-state index contributed by atoms with van der Waals surface area (Å²) in [6.45, 7) is 2.20. The van der Waals surface area contributed by atoms with Gasteiger partial charge < -0.3 is 5.32 Å². The topological polar surface area (TPSA) is 59.1 Å². The quantitative estimate of drug-likeness (QED) is 0.879. The second-order valence-corrected chi connectivity index (χ2v) is 7.16. The van der Waals surface area contributed by atoms with Crippen LogP contribution < -0.4 is 5.32 Å². The van der Waals surface area contributed by atoms with Crippen molar-refractivity contribution < 1.29 is 8.42 Å². The maximum Gasteiger partial charge on any atom is 0.151 e. The third-order valence-electron chi connectivity index (χ3n) is 3.44. The maximum absolute atomic E-state index is 11.4. The van der Waals surface area contributed by atoms with Gasteiger partial charge in [0.05, 0.1) is 11.4 Å². The molecule has 0 radical (unpaired) electrons. The van der Waals surface area contributed by atoms with E-state index in [1.54, 1.807) is 6.92 Å². The van der Waals surface area contributed by atoms with Crippen LogP contribution in [0.3, 0.4) is 0 Å². The lowest BCUT2D eigenvalue weighted by atomic mass is 9.92. The Balaban J connectivity index is 1.96. The lowest BCUT2D eigenvalue weighted by Crippen LogP contribution is -2.30. The van der Waals surface area contributed by atoms with Gasteiger partial charge in [0.1, 0.15) is 0 Å². The molecule has 0 fully saturated rings. The number of sulfone groups is 1. The van der Waals surface area contributed by atoms with E-state index in [0.717, 1.165) is 25.0 Å². The summed E-state index contributed by atoms with van der Waals surface area (Å²) in [5.41, 5.74) is 2.39. The molecule has 0 aliphatic heterocycles. The molecule has 1 aromatic rings. The highest BCUT2D eigenvalue weighted by Gasteiger charge is 2.21. The highest BCUT2D eigenvalue weighted by molar-refractivity contribution is 7.91. The Morgan fingerprint density at radius 1 is 1.50 bits per heavy atom. The van der Waals surface area contributed by atoms with Crippen LogP contribution >= 0.6 is 0 Å². The second kappa shape index (κ2) is 5.80. The molecule has 0 aromatic carbocycles. The van der Waals surface area contributed by atoms with Crippen LogP contribution in [0.15, 0.2) is 18.3 Å². The van der Waals surface area contributed by atoms with Crippen LogP contribution in [0.5, 0.6) is 0 Å². The Hall–Kier alpha value is -0.940. The molecule has 4 nitrogen and oxygen atoms in total. The minimum Gasteiger partial charge on any atom is -0.308 e. The first kappa shape index (κ1) is 13.5. The van der Waals surface area contributed by atoms with E-state index in [1.807, 2.05) is 12.3 Å². The Bertz CT molecular complexity index is 499. The molecule has 0 saturated heterocycles. The van der Waals surface area contributed by atoms with E-state index < -0.39 is 9.84 Å². The van der Waals surface area contributed by atoms with Gasteiger partial charge in [-0.1, -0.05) is 13.0 Å². The SMILES string of the molecule is CCS(=O)(=O)CCNC1CCCc2cccnc21. The van der Waals surface area contributed by atoms with Crippen LogP contribution in [0, 0.1) is 0 Å².